The van der Waals surface area contributed by atoms with Gasteiger partial charge in [0.1, 0.15) is 5.82 Å². The van der Waals surface area contributed by atoms with Gasteiger partial charge in [-0.15, -0.1) is 0 Å². The van der Waals surface area contributed by atoms with Gasteiger partial charge in [-0.05, 0) is 31.7 Å². The van der Waals surface area contributed by atoms with Crippen LogP contribution in [0.3, 0.4) is 0 Å². The number of amides is 1. The Hall–Kier alpha value is -2.10. The molecule has 23 heavy (non-hydrogen) atoms. The molecule has 1 saturated carbocycles. The van der Waals surface area contributed by atoms with Gasteiger partial charge in [-0.2, -0.15) is 0 Å². The molecule has 2 aromatic rings. The Kier molecular flexibility index (Phi) is 3.68. The summed E-state index contributed by atoms with van der Waals surface area (Å²) in [5.74, 6) is 2.13. The monoisotopic (exact) mass is 309 g/mol. The normalized spacial score (nSPS) is 20.9. The third-order valence-corrected chi connectivity index (χ3v) is 5.03. The fourth-order valence-electron chi connectivity index (χ4n) is 3.64. The molecule has 4 rings (SSSR count). The van der Waals surface area contributed by atoms with Crippen LogP contribution < -0.4 is 0 Å². The molecule has 2 aliphatic rings. The predicted molar refractivity (Wildman–Crippen MR) is 89.3 cm³/mol. The third kappa shape index (κ3) is 2.90. The van der Waals surface area contributed by atoms with Gasteiger partial charge >= 0.3 is 0 Å². The molecule has 4 nitrogen and oxygen atoms in total. The molecule has 0 radical (unpaired) electrons. The number of carbonyl (C=O) groups excluding carboxylic acids is 1. The first-order valence-electron chi connectivity index (χ1n) is 8.58. The molecule has 2 heterocycles. The lowest BCUT2D eigenvalue weighted by molar-refractivity contribution is -0.129. The van der Waals surface area contributed by atoms with E-state index >= 15 is 0 Å². The molecular formula is C19H23N3O. The van der Waals surface area contributed by atoms with E-state index in [0.717, 1.165) is 25.1 Å². The lowest BCUT2D eigenvalue weighted by atomic mass is 10.1. The summed E-state index contributed by atoms with van der Waals surface area (Å²) in [7, 11) is 0. The van der Waals surface area contributed by atoms with Gasteiger partial charge in [0.25, 0.3) is 0 Å². The summed E-state index contributed by atoms with van der Waals surface area (Å²) < 4.78 is 2.40. The Morgan fingerprint density at radius 2 is 2.00 bits per heavy atom. The van der Waals surface area contributed by atoms with Crippen LogP contribution in [-0.2, 0) is 11.2 Å². The summed E-state index contributed by atoms with van der Waals surface area (Å²) in [5, 5.41) is 0. The molecule has 0 bridgehead atoms. The lowest BCUT2D eigenvalue weighted by Gasteiger charge is -2.19. The predicted octanol–water partition coefficient (Wildman–Crippen LogP) is 3.09. The molecule has 1 saturated heterocycles. The van der Waals surface area contributed by atoms with Crippen molar-refractivity contribution in [3.8, 4) is 0 Å². The highest BCUT2D eigenvalue weighted by Crippen LogP contribution is 2.41. The second-order valence-corrected chi connectivity index (χ2v) is 6.85. The Morgan fingerprint density at radius 1 is 1.22 bits per heavy atom. The van der Waals surface area contributed by atoms with Gasteiger partial charge in [0.2, 0.25) is 5.91 Å². The van der Waals surface area contributed by atoms with Crippen LogP contribution in [0.1, 0.15) is 48.3 Å². The van der Waals surface area contributed by atoms with E-state index in [9.17, 15) is 4.79 Å². The minimum absolute atomic E-state index is 0.240. The Morgan fingerprint density at radius 3 is 2.74 bits per heavy atom. The first kappa shape index (κ1) is 14.5. The molecule has 1 aliphatic carbocycles. The number of hydrogen-bond donors (Lipinski definition) is 0. The summed E-state index contributed by atoms with van der Waals surface area (Å²) >= 11 is 0. The fourth-order valence-corrected chi connectivity index (χ4v) is 3.64. The van der Waals surface area contributed by atoms with Gasteiger partial charge < -0.3 is 9.47 Å². The van der Waals surface area contributed by atoms with E-state index in [2.05, 4.69) is 16.5 Å². The number of nitrogens with zero attached hydrogens (tertiary/aromatic N) is 3. The molecule has 1 amide bonds. The maximum absolute atomic E-state index is 12.5. The summed E-state index contributed by atoms with van der Waals surface area (Å²) in [6.45, 7) is 3.81. The molecule has 0 N–H and O–H groups in total. The SMILES string of the molecule is Cc1cnc(C2CC2)n1C1CCN(C(=O)Cc2ccccc2)C1. The summed E-state index contributed by atoms with van der Waals surface area (Å²) in [6, 6.07) is 10.4. The summed E-state index contributed by atoms with van der Waals surface area (Å²) in [5.41, 5.74) is 2.33. The van der Waals surface area contributed by atoms with Crippen molar-refractivity contribution in [3.05, 3.63) is 53.6 Å². The molecule has 120 valence electrons. The Balaban J connectivity index is 1.45. The number of benzene rings is 1. The third-order valence-electron chi connectivity index (χ3n) is 5.03. The van der Waals surface area contributed by atoms with Gasteiger partial charge in [-0.1, -0.05) is 30.3 Å². The number of likely N-dealkylation sites (tertiary alicyclic amines) is 1. The zero-order valence-corrected chi connectivity index (χ0v) is 13.6. The van der Waals surface area contributed by atoms with E-state index in [1.807, 2.05) is 41.4 Å². The van der Waals surface area contributed by atoms with E-state index in [-0.39, 0.29) is 5.91 Å². The number of imidazole rings is 1. The second-order valence-electron chi connectivity index (χ2n) is 6.85. The van der Waals surface area contributed by atoms with Gasteiger partial charge in [0, 0.05) is 30.9 Å². The van der Waals surface area contributed by atoms with Gasteiger partial charge in [0.15, 0.2) is 0 Å². The van der Waals surface area contributed by atoms with Crippen LogP contribution in [0.5, 0.6) is 0 Å². The minimum atomic E-state index is 0.240. The van der Waals surface area contributed by atoms with Crippen LogP contribution >= 0.6 is 0 Å². The van der Waals surface area contributed by atoms with Crippen LogP contribution in [0.2, 0.25) is 0 Å². The average Bonchev–Trinajstić information content (AvgIpc) is 3.15. The van der Waals surface area contributed by atoms with Crippen molar-refractivity contribution >= 4 is 5.91 Å². The number of rotatable bonds is 4. The fraction of sp³-hybridized carbons (Fsp3) is 0.474. The summed E-state index contributed by atoms with van der Waals surface area (Å²) in [4.78, 5) is 19.2. The van der Waals surface area contributed by atoms with Crippen molar-refractivity contribution in [1.29, 1.82) is 0 Å². The van der Waals surface area contributed by atoms with Crippen molar-refractivity contribution in [2.24, 2.45) is 0 Å². The average molecular weight is 309 g/mol. The molecule has 1 unspecified atom stereocenters. The van der Waals surface area contributed by atoms with Crippen molar-refractivity contribution in [2.45, 2.75) is 44.6 Å². The molecule has 1 aromatic carbocycles. The lowest BCUT2D eigenvalue weighted by Crippen LogP contribution is -2.30. The zero-order chi connectivity index (χ0) is 15.8. The molecular weight excluding hydrogens is 286 g/mol. The highest BCUT2D eigenvalue weighted by atomic mass is 16.2. The van der Waals surface area contributed by atoms with Crippen molar-refractivity contribution < 1.29 is 4.79 Å². The minimum Gasteiger partial charge on any atom is -0.340 e. The number of aryl methyl sites for hydroxylation is 1. The number of aromatic nitrogens is 2. The van der Waals surface area contributed by atoms with E-state index in [0.29, 0.717) is 18.4 Å². The van der Waals surface area contributed by atoms with E-state index in [1.165, 1.54) is 24.4 Å². The first-order chi connectivity index (χ1) is 11.2. The van der Waals surface area contributed by atoms with Crippen LogP contribution in [0.25, 0.3) is 0 Å². The van der Waals surface area contributed by atoms with Gasteiger partial charge in [0.05, 0.1) is 12.5 Å². The quantitative estimate of drug-likeness (QED) is 0.870. The summed E-state index contributed by atoms with van der Waals surface area (Å²) in [6.07, 6.45) is 6.06. The number of hydrogen-bond acceptors (Lipinski definition) is 2. The number of carbonyl (C=O) groups is 1. The Bertz CT molecular complexity index is 703. The van der Waals surface area contributed by atoms with Crippen LogP contribution in [0.15, 0.2) is 36.5 Å². The van der Waals surface area contributed by atoms with Crippen molar-refractivity contribution in [2.75, 3.05) is 13.1 Å². The largest absolute Gasteiger partial charge is 0.340 e. The zero-order valence-electron chi connectivity index (χ0n) is 13.6. The van der Waals surface area contributed by atoms with E-state index in [1.54, 1.807) is 0 Å². The van der Waals surface area contributed by atoms with E-state index in [4.69, 9.17) is 0 Å². The Labute approximate surface area is 137 Å². The topological polar surface area (TPSA) is 38.1 Å². The molecule has 1 aromatic heterocycles. The van der Waals surface area contributed by atoms with Crippen LogP contribution in [-0.4, -0.2) is 33.4 Å². The maximum Gasteiger partial charge on any atom is 0.227 e. The van der Waals surface area contributed by atoms with Crippen LogP contribution in [0, 0.1) is 6.92 Å². The van der Waals surface area contributed by atoms with Gasteiger partial charge in [-0.3, -0.25) is 4.79 Å². The van der Waals surface area contributed by atoms with Gasteiger partial charge in [-0.25, -0.2) is 4.98 Å². The molecule has 4 heteroatoms. The van der Waals surface area contributed by atoms with E-state index < -0.39 is 0 Å². The smallest absolute Gasteiger partial charge is 0.227 e. The second kappa shape index (κ2) is 5.84. The highest BCUT2D eigenvalue weighted by molar-refractivity contribution is 5.79. The van der Waals surface area contributed by atoms with Crippen molar-refractivity contribution in [1.82, 2.24) is 14.5 Å². The van der Waals surface area contributed by atoms with Crippen LogP contribution in [0.4, 0.5) is 0 Å². The maximum atomic E-state index is 12.5. The molecule has 1 aliphatic heterocycles. The molecule has 2 fully saturated rings. The highest BCUT2D eigenvalue weighted by Gasteiger charge is 2.34. The molecule has 0 spiro atoms. The standard InChI is InChI=1S/C19H23N3O/c1-14-12-20-19(16-7-8-16)22(14)17-9-10-21(13-17)18(23)11-15-5-3-2-4-6-15/h2-6,12,16-17H,7-11,13H2,1H3. The first-order valence-corrected chi connectivity index (χ1v) is 8.58. The van der Waals surface area contributed by atoms with Crippen molar-refractivity contribution in [3.63, 3.8) is 0 Å². The molecule has 1 atom stereocenters.